The fourth-order valence-electron chi connectivity index (χ4n) is 3.14. The van der Waals surface area contributed by atoms with Crippen LogP contribution < -0.4 is 14.2 Å². The number of rotatable bonds is 6. The van der Waals surface area contributed by atoms with E-state index < -0.39 is 11.7 Å². The summed E-state index contributed by atoms with van der Waals surface area (Å²) in [6.07, 6.45) is 0.842. The quantitative estimate of drug-likeness (QED) is 0.334. The standard InChI is InChI=1S/C24H18Cl2O6/c25-18-7-1-15(9-19(18)26)12-30-17-5-3-16(4-6-17)23-13-31-22-11-14(2-8-21(22)32-23)10-20(27)24(28)29/h1-11,23,27H,12-13H2,(H,28,29)/b20-10-. The van der Waals surface area contributed by atoms with Gasteiger partial charge >= 0.3 is 5.97 Å². The second-order valence-electron chi connectivity index (χ2n) is 7.06. The predicted octanol–water partition coefficient (Wildman–Crippen LogP) is 6.07. The summed E-state index contributed by atoms with van der Waals surface area (Å²) in [7, 11) is 0. The predicted molar refractivity (Wildman–Crippen MR) is 121 cm³/mol. The van der Waals surface area contributed by atoms with Crippen molar-refractivity contribution < 1.29 is 29.2 Å². The van der Waals surface area contributed by atoms with Crippen LogP contribution in [0, 0.1) is 0 Å². The average molecular weight is 473 g/mol. The van der Waals surface area contributed by atoms with E-state index in [1.165, 1.54) is 0 Å². The van der Waals surface area contributed by atoms with Crippen molar-refractivity contribution in [3.63, 3.8) is 0 Å². The third-order valence-electron chi connectivity index (χ3n) is 4.79. The molecule has 1 atom stereocenters. The van der Waals surface area contributed by atoms with E-state index >= 15 is 0 Å². The second-order valence-corrected chi connectivity index (χ2v) is 7.88. The van der Waals surface area contributed by atoms with Gasteiger partial charge in [0.1, 0.15) is 19.0 Å². The molecule has 4 rings (SSSR count). The van der Waals surface area contributed by atoms with Crippen molar-refractivity contribution in [2.45, 2.75) is 12.7 Å². The zero-order valence-corrected chi connectivity index (χ0v) is 18.1. The zero-order valence-electron chi connectivity index (χ0n) is 16.6. The largest absolute Gasteiger partial charge is 0.502 e. The number of halogens is 2. The Hall–Kier alpha value is -3.35. The first kappa shape index (κ1) is 21.9. The van der Waals surface area contributed by atoms with Gasteiger partial charge in [-0.25, -0.2) is 4.79 Å². The average Bonchev–Trinajstić information content (AvgIpc) is 2.80. The molecular weight excluding hydrogens is 455 g/mol. The molecule has 2 N–H and O–H groups in total. The molecule has 0 aromatic heterocycles. The molecule has 1 heterocycles. The summed E-state index contributed by atoms with van der Waals surface area (Å²) in [5.74, 6) is -0.431. The van der Waals surface area contributed by atoms with Crippen LogP contribution >= 0.6 is 23.2 Å². The number of aliphatic hydroxyl groups is 1. The van der Waals surface area contributed by atoms with Gasteiger partial charge in [-0.15, -0.1) is 0 Å². The van der Waals surface area contributed by atoms with Crippen LogP contribution in [0.4, 0.5) is 0 Å². The first-order chi connectivity index (χ1) is 15.4. The van der Waals surface area contributed by atoms with Crippen LogP contribution in [-0.2, 0) is 11.4 Å². The van der Waals surface area contributed by atoms with Crippen molar-refractivity contribution >= 4 is 35.2 Å². The van der Waals surface area contributed by atoms with Crippen LogP contribution in [0.25, 0.3) is 6.08 Å². The third kappa shape index (κ3) is 5.10. The van der Waals surface area contributed by atoms with E-state index in [1.807, 2.05) is 30.3 Å². The minimum atomic E-state index is -1.40. The van der Waals surface area contributed by atoms with Crippen LogP contribution in [0.1, 0.15) is 22.8 Å². The molecule has 1 aliphatic rings. The summed E-state index contributed by atoms with van der Waals surface area (Å²) in [4.78, 5) is 10.8. The number of carboxylic acids is 1. The van der Waals surface area contributed by atoms with Gasteiger partial charge in [-0.1, -0.05) is 47.5 Å². The Balaban J connectivity index is 1.39. The lowest BCUT2D eigenvalue weighted by atomic mass is 10.1. The number of hydrogen-bond acceptors (Lipinski definition) is 5. The molecule has 1 unspecified atom stereocenters. The molecule has 0 saturated carbocycles. The van der Waals surface area contributed by atoms with Crippen LogP contribution in [0.2, 0.25) is 10.0 Å². The van der Waals surface area contributed by atoms with E-state index in [4.69, 9.17) is 42.5 Å². The smallest absolute Gasteiger partial charge is 0.370 e. The molecule has 0 amide bonds. The van der Waals surface area contributed by atoms with Crippen molar-refractivity contribution in [1.29, 1.82) is 0 Å². The topological polar surface area (TPSA) is 85.2 Å². The summed E-state index contributed by atoms with van der Waals surface area (Å²) in [6.45, 7) is 0.648. The van der Waals surface area contributed by atoms with Gasteiger partial charge in [-0.2, -0.15) is 0 Å². The molecule has 1 aliphatic heterocycles. The van der Waals surface area contributed by atoms with Gasteiger partial charge in [0.15, 0.2) is 17.6 Å². The van der Waals surface area contributed by atoms with Crippen LogP contribution in [0.3, 0.4) is 0 Å². The van der Waals surface area contributed by atoms with Gasteiger partial charge in [0.2, 0.25) is 5.76 Å². The third-order valence-corrected chi connectivity index (χ3v) is 5.53. The Labute approximate surface area is 194 Å². The highest BCUT2D eigenvalue weighted by molar-refractivity contribution is 6.42. The Morgan fingerprint density at radius 1 is 1.00 bits per heavy atom. The molecule has 6 nitrogen and oxygen atoms in total. The van der Waals surface area contributed by atoms with E-state index in [0.29, 0.717) is 39.5 Å². The number of carboxylic acid groups (broad SMARTS) is 1. The molecule has 0 fully saturated rings. The fraction of sp³-hybridized carbons (Fsp3) is 0.125. The maximum Gasteiger partial charge on any atom is 0.370 e. The monoisotopic (exact) mass is 472 g/mol. The molecule has 3 aromatic rings. The molecule has 0 bridgehead atoms. The first-order valence-electron chi connectivity index (χ1n) is 9.63. The van der Waals surface area contributed by atoms with Crippen molar-refractivity contribution in [3.8, 4) is 17.2 Å². The Kier molecular flexibility index (Phi) is 6.44. The van der Waals surface area contributed by atoms with Gasteiger partial charge in [-0.05, 0) is 59.2 Å². The van der Waals surface area contributed by atoms with E-state index in [2.05, 4.69) is 0 Å². The maximum absolute atomic E-state index is 10.8. The number of hydrogen-bond donors (Lipinski definition) is 2. The lowest BCUT2D eigenvalue weighted by molar-refractivity contribution is -0.135. The molecule has 0 radical (unpaired) electrons. The second kappa shape index (κ2) is 9.42. The molecular formula is C24H18Cl2O6. The van der Waals surface area contributed by atoms with Gasteiger partial charge in [0.25, 0.3) is 0 Å². The molecule has 0 saturated heterocycles. The molecule has 8 heteroatoms. The van der Waals surface area contributed by atoms with Crippen molar-refractivity contribution in [2.75, 3.05) is 6.61 Å². The lowest BCUT2D eigenvalue weighted by Crippen LogP contribution is -2.21. The fourth-order valence-corrected chi connectivity index (χ4v) is 3.46. The van der Waals surface area contributed by atoms with Gasteiger partial charge in [-0.3, -0.25) is 0 Å². The van der Waals surface area contributed by atoms with Crippen molar-refractivity contribution in [1.82, 2.24) is 0 Å². The molecule has 0 spiro atoms. The van der Waals surface area contributed by atoms with Gasteiger partial charge in [0.05, 0.1) is 10.0 Å². The SMILES string of the molecule is O=C(O)/C(O)=C/c1ccc2c(c1)OCC(c1ccc(OCc3ccc(Cl)c(Cl)c3)cc1)O2. The zero-order chi connectivity index (χ0) is 22.7. The Morgan fingerprint density at radius 3 is 2.50 bits per heavy atom. The summed E-state index contributed by atoms with van der Waals surface area (Å²) in [6, 6.07) is 17.8. The van der Waals surface area contributed by atoms with E-state index in [-0.39, 0.29) is 12.7 Å². The minimum Gasteiger partial charge on any atom is -0.502 e. The number of aliphatic hydroxyl groups excluding tert-OH is 1. The Morgan fingerprint density at radius 2 is 1.78 bits per heavy atom. The Bertz CT molecular complexity index is 1170. The normalized spacial score (nSPS) is 15.3. The van der Waals surface area contributed by atoms with E-state index in [0.717, 1.165) is 17.2 Å². The van der Waals surface area contributed by atoms with Crippen molar-refractivity contribution in [3.05, 3.63) is 93.2 Å². The maximum atomic E-state index is 10.8. The van der Waals surface area contributed by atoms with Crippen LogP contribution in [0.5, 0.6) is 17.2 Å². The molecule has 0 aliphatic carbocycles. The molecule has 3 aromatic carbocycles. The molecule has 164 valence electrons. The number of carbonyl (C=O) groups is 1. The minimum absolute atomic E-state index is 0.286. The highest BCUT2D eigenvalue weighted by Crippen LogP contribution is 2.37. The van der Waals surface area contributed by atoms with E-state index in [1.54, 1.807) is 30.3 Å². The number of benzene rings is 3. The van der Waals surface area contributed by atoms with Gasteiger partial charge in [0, 0.05) is 0 Å². The first-order valence-corrected chi connectivity index (χ1v) is 10.4. The highest BCUT2D eigenvalue weighted by Gasteiger charge is 2.23. The van der Waals surface area contributed by atoms with Crippen LogP contribution in [-0.4, -0.2) is 22.8 Å². The van der Waals surface area contributed by atoms with Crippen molar-refractivity contribution in [2.24, 2.45) is 0 Å². The van der Waals surface area contributed by atoms with Crippen LogP contribution in [0.15, 0.2) is 66.4 Å². The lowest BCUT2D eigenvalue weighted by Gasteiger charge is -2.27. The van der Waals surface area contributed by atoms with E-state index in [9.17, 15) is 9.90 Å². The summed E-state index contributed by atoms with van der Waals surface area (Å²) in [5, 5.41) is 19.2. The molecule has 32 heavy (non-hydrogen) atoms. The van der Waals surface area contributed by atoms with Gasteiger partial charge < -0.3 is 24.4 Å². The number of fused-ring (bicyclic) bond motifs is 1. The summed E-state index contributed by atoms with van der Waals surface area (Å²) in [5.41, 5.74) is 2.33. The summed E-state index contributed by atoms with van der Waals surface area (Å²) < 4.78 is 17.6. The highest BCUT2D eigenvalue weighted by atomic mass is 35.5. The number of ether oxygens (including phenoxy) is 3. The number of aliphatic carboxylic acids is 1. The summed E-state index contributed by atoms with van der Waals surface area (Å²) >= 11 is 12.0.